The molecule has 0 N–H and O–H groups in total. The number of aromatic nitrogens is 1. The Kier molecular flexibility index (Phi) is 1.44. The average molecular weight is 177 g/mol. The fraction of sp³-hybridized carbons (Fsp3) is 0.500. The van der Waals surface area contributed by atoms with Crippen LogP contribution < -0.4 is 0 Å². The predicted octanol–water partition coefficient (Wildman–Crippen LogP) is 2.61. The number of thioether (sulfide) groups is 1. The first-order valence-corrected chi connectivity index (χ1v) is 5.54. The van der Waals surface area contributed by atoms with Crippen LogP contribution in [-0.4, -0.2) is 10.7 Å². The van der Waals surface area contributed by atoms with Crippen LogP contribution in [0.5, 0.6) is 0 Å². The number of hydrogen-bond acceptors (Lipinski definition) is 2. The molecule has 62 valence electrons. The van der Waals surface area contributed by atoms with Gasteiger partial charge in [0, 0.05) is 23.3 Å². The quantitative estimate of drug-likeness (QED) is 0.654. The van der Waals surface area contributed by atoms with Crippen molar-refractivity contribution in [3.63, 3.8) is 0 Å². The monoisotopic (exact) mass is 177 g/mol. The van der Waals surface area contributed by atoms with Gasteiger partial charge in [-0.25, -0.2) is 0 Å². The Morgan fingerprint density at radius 3 is 3.17 bits per heavy atom. The van der Waals surface area contributed by atoms with E-state index >= 15 is 0 Å². The highest BCUT2D eigenvalue weighted by molar-refractivity contribution is 7.99. The van der Waals surface area contributed by atoms with Gasteiger partial charge in [0.15, 0.2) is 0 Å². The number of nitrogens with zero attached hydrogens (tertiary/aromatic N) is 1. The van der Waals surface area contributed by atoms with Crippen molar-refractivity contribution in [1.29, 1.82) is 0 Å². The molecule has 2 heterocycles. The van der Waals surface area contributed by atoms with Gasteiger partial charge in [0.1, 0.15) is 0 Å². The predicted molar refractivity (Wildman–Crippen MR) is 50.6 cm³/mol. The van der Waals surface area contributed by atoms with Crippen molar-refractivity contribution in [3.8, 4) is 0 Å². The summed E-state index contributed by atoms with van der Waals surface area (Å²) < 4.78 is 0. The Morgan fingerprint density at radius 1 is 1.42 bits per heavy atom. The third kappa shape index (κ3) is 0.977. The lowest BCUT2D eigenvalue weighted by Crippen LogP contribution is -1.90. The van der Waals surface area contributed by atoms with Gasteiger partial charge in [0.2, 0.25) is 0 Å². The van der Waals surface area contributed by atoms with Gasteiger partial charge < -0.3 is 0 Å². The summed E-state index contributed by atoms with van der Waals surface area (Å²) >= 11 is 2.00. The molecule has 3 rings (SSSR count). The molecule has 0 bridgehead atoms. The Bertz CT molecular complexity index is 318. The molecule has 1 fully saturated rings. The molecule has 0 saturated heterocycles. The molecule has 0 amide bonds. The lowest BCUT2D eigenvalue weighted by Gasteiger charge is -2.03. The highest BCUT2D eigenvalue weighted by Crippen LogP contribution is 2.46. The maximum atomic E-state index is 4.41. The summed E-state index contributed by atoms with van der Waals surface area (Å²) in [6, 6.07) is 2.22. The summed E-state index contributed by atoms with van der Waals surface area (Å²) in [5.74, 6) is 2.12. The average Bonchev–Trinajstić information content (AvgIpc) is 2.82. The van der Waals surface area contributed by atoms with E-state index in [2.05, 4.69) is 11.1 Å². The fourth-order valence-electron chi connectivity index (χ4n) is 1.82. The molecule has 1 aromatic heterocycles. The molecule has 1 nitrogen and oxygen atoms in total. The van der Waals surface area contributed by atoms with E-state index in [1.807, 2.05) is 18.0 Å². The number of rotatable bonds is 1. The van der Waals surface area contributed by atoms with Crippen LogP contribution in [0.3, 0.4) is 0 Å². The molecular formula is C10H11NS. The summed E-state index contributed by atoms with van der Waals surface area (Å²) in [6.45, 7) is 0. The largest absolute Gasteiger partial charge is 0.260 e. The standard InChI is InChI=1S/C10H11NS/c1-2-7(1)8-3-5-11-9-4-6-12-10(8)9/h3,5,7H,1-2,4,6H2. The number of aryl methyl sites for hydroxylation is 1. The van der Waals surface area contributed by atoms with Crippen molar-refractivity contribution in [2.75, 3.05) is 5.75 Å². The smallest absolute Gasteiger partial charge is 0.0550 e. The Morgan fingerprint density at radius 2 is 2.33 bits per heavy atom. The summed E-state index contributed by atoms with van der Waals surface area (Å²) in [5, 5.41) is 0. The van der Waals surface area contributed by atoms with Crippen LogP contribution in [0.1, 0.15) is 30.0 Å². The molecule has 0 spiro atoms. The van der Waals surface area contributed by atoms with Crippen molar-refractivity contribution in [2.45, 2.75) is 30.1 Å². The van der Waals surface area contributed by atoms with E-state index in [1.54, 1.807) is 5.56 Å². The van der Waals surface area contributed by atoms with Gasteiger partial charge in [-0.2, -0.15) is 0 Å². The molecule has 1 aliphatic heterocycles. The molecule has 1 saturated carbocycles. The first-order chi connectivity index (χ1) is 5.95. The normalized spacial score (nSPS) is 21.0. The van der Waals surface area contributed by atoms with Crippen LogP contribution in [-0.2, 0) is 6.42 Å². The van der Waals surface area contributed by atoms with Gasteiger partial charge in [-0.05, 0) is 30.4 Å². The minimum atomic E-state index is 0.882. The second kappa shape index (κ2) is 2.49. The SMILES string of the molecule is c1cc(C2CC2)c2c(n1)CCS2. The summed E-state index contributed by atoms with van der Waals surface area (Å²) in [4.78, 5) is 5.92. The zero-order valence-corrected chi connectivity index (χ0v) is 7.73. The lowest BCUT2D eigenvalue weighted by molar-refractivity contribution is 0.965. The Labute approximate surface area is 76.6 Å². The topological polar surface area (TPSA) is 12.9 Å². The minimum absolute atomic E-state index is 0.882. The van der Waals surface area contributed by atoms with Gasteiger partial charge in [0.25, 0.3) is 0 Å². The maximum Gasteiger partial charge on any atom is 0.0550 e. The van der Waals surface area contributed by atoms with Crippen LogP contribution in [0.15, 0.2) is 17.2 Å². The van der Waals surface area contributed by atoms with Gasteiger partial charge >= 0.3 is 0 Å². The molecule has 2 heteroatoms. The third-order valence-corrected chi connectivity index (χ3v) is 3.78. The highest BCUT2D eigenvalue weighted by atomic mass is 32.2. The summed E-state index contributed by atoms with van der Waals surface area (Å²) in [5.41, 5.74) is 2.94. The van der Waals surface area contributed by atoms with Gasteiger partial charge in [-0.1, -0.05) is 0 Å². The molecular weight excluding hydrogens is 166 g/mol. The first kappa shape index (κ1) is 6.96. The van der Waals surface area contributed by atoms with Crippen molar-refractivity contribution in [3.05, 3.63) is 23.5 Å². The van der Waals surface area contributed by atoms with E-state index in [9.17, 15) is 0 Å². The molecule has 0 atom stereocenters. The molecule has 1 aliphatic carbocycles. The van der Waals surface area contributed by atoms with Gasteiger partial charge in [0.05, 0.1) is 5.69 Å². The van der Waals surface area contributed by atoms with Crippen molar-refractivity contribution >= 4 is 11.8 Å². The summed E-state index contributed by atoms with van der Waals surface area (Å²) in [6.07, 6.45) is 5.97. The van der Waals surface area contributed by atoms with E-state index in [0.717, 1.165) is 5.92 Å². The van der Waals surface area contributed by atoms with E-state index in [0.29, 0.717) is 0 Å². The Hall–Kier alpha value is -0.500. The molecule has 12 heavy (non-hydrogen) atoms. The van der Waals surface area contributed by atoms with Gasteiger partial charge in [-0.15, -0.1) is 11.8 Å². The van der Waals surface area contributed by atoms with Crippen molar-refractivity contribution in [1.82, 2.24) is 4.98 Å². The van der Waals surface area contributed by atoms with Crippen molar-refractivity contribution < 1.29 is 0 Å². The fourth-order valence-corrected chi connectivity index (χ4v) is 3.04. The van der Waals surface area contributed by atoms with Crippen LogP contribution in [0.4, 0.5) is 0 Å². The van der Waals surface area contributed by atoms with Crippen LogP contribution in [0.25, 0.3) is 0 Å². The van der Waals surface area contributed by atoms with E-state index in [-0.39, 0.29) is 0 Å². The van der Waals surface area contributed by atoms with E-state index in [4.69, 9.17) is 0 Å². The zero-order valence-electron chi connectivity index (χ0n) is 6.92. The molecule has 0 unspecified atom stereocenters. The molecule has 0 aromatic carbocycles. The lowest BCUT2D eigenvalue weighted by atomic mass is 10.1. The number of fused-ring (bicyclic) bond motifs is 1. The molecule has 2 aliphatic rings. The van der Waals surface area contributed by atoms with Crippen molar-refractivity contribution in [2.24, 2.45) is 0 Å². The molecule has 0 radical (unpaired) electrons. The number of pyridine rings is 1. The van der Waals surface area contributed by atoms with Crippen LogP contribution >= 0.6 is 11.8 Å². The number of hydrogen-bond donors (Lipinski definition) is 0. The summed E-state index contributed by atoms with van der Waals surface area (Å²) in [7, 11) is 0. The Balaban J connectivity index is 2.12. The van der Waals surface area contributed by atoms with Gasteiger partial charge in [-0.3, -0.25) is 4.98 Å². The first-order valence-electron chi connectivity index (χ1n) is 4.56. The highest BCUT2D eigenvalue weighted by Gasteiger charge is 2.28. The van der Waals surface area contributed by atoms with E-state index in [1.165, 1.54) is 35.6 Å². The zero-order chi connectivity index (χ0) is 7.97. The van der Waals surface area contributed by atoms with Crippen LogP contribution in [0.2, 0.25) is 0 Å². The van der Waals surface area contributed by atoms with E-state index < -0.39 is 0 Å². The maximum absolute atomic E-state index is 4.41. The van der Waals surface area contributed by atoms with Crippen LogP contribution in [0, 0.1) is 0 Å². The second-order valence-corrected chi connectivity index (χ2v) is 4.65. The third-order valence-electron chi connectivity index (χ3n) is 2.61. The second-order valence-electron chi connectivity index (χ2n) is 3.55. The minimum Gasteiger partial charge on any atom is -0.260 e. The molecule has 1 aromatic rings.